The lowest BCUT2D eigenvalue weighted by atomic mass is 9.88. The first-order valence-corrected chi connectivity index (χ1v) is 9.81. The second kappa shape index (κ2) is 8.91. The lowest BCUT2D eigenvalue weighted by Gasteiger charge is -2.18. The Bertz CT molecular complexity index is 815. The van der Waals surface area contributed by atoms with Crippen LogP contribution in [-0.2, 0) is 4.79 Å². The Morgan fingerprint density at radius 2 is 1.75 bits per heavy atom. The minimum absolute atomic E-state index is 0.000320. The molecule has 2 aromatic carbocycles. The van der Waals surface area contributed by atoms with Crippen molar-refractivity contribution in [2.45, 2.75) is 26.2 Å². The molecular weight excluding hydrogens is 352 g/mol. The molecule has 2 amide bonds. The number of methoxy groups -OCH3 is 1. The molecule has 1 heterocycles. The first kappa shape index (κ1) is 19.9. The SMILES string of the molecule is CCCNC(=O)C1CN(C(=O)c2ccc(OC)cc2)CC1c1ccc(C)cc1. The number of hydrogen-bond acceptors (Lipinski definition) is 3. The van der Waals surface area contributed by atoms with E-state index in [1.165, 1.54) is 5.56 Å². The van der Waals surface area contributed by atoms with Crippen LogP contribution in [0.15, 0.2) is 48.5 Å². The summed E-state index contributed by atoms with van der Waals surface area (Å²) in [6.45, 7) is 5.70. The summed E-state index contributed by atoms with van der Waals surface area (Å²) in [6, 6.07) is 15.4. The molecule has 2 unspecified atom stereocenters. The maximum Gasteiger partial charge on any atom is 0.253 e. The van der Waals surface area contributed by atoms with Gasteiger partial charge >= 0.3 is 0 Å². The largest absolute Gasteiger partial charge is 0.497 e. The van der Waals surface area contributed by atoms with Crippen LogP contribution in [0.1, 0.15) is 40.7 Å². The van der Waals surface area contributed by atoms with Crippen molar-refractivity contribution in [3.63, 3.8) is 0 Å². The molecule has 28 heavy (non-hydrogen) atoms. The Hall–Kier alpha value is -2.82. The van der Waals surface area contributed by atoms with Crippen LogP contribution in [-0.4, -0.2) is 43.5 Å². The van der Waals surface area contributed by atoms with Gasteiger partial charge in [-0.05, 0) is 43.2 Å². The number of hydrogen-bond donors (Lipinski definition) is 1. The Balaban J connectivity index is 1.82. The standard InChI is InChI=1S/C23H28N2O3/c1-4-13-24-22(26)21-15-25(14-20(21)17-7-5-16(2)6-8-17)23(27)18-9-11-19(28-3)12-10-18/h5-12,20-21H,4,13-15H2,1-3H3,(H,24,26). The predicted octanol–water partition coefficient (Wildman–Crippen LogP) is 3.39. The van der Waals surface area contributed by atoms with Crippen molar-refractivity contribution in [1.82, 2.24) is 10.2 Å². The Labute approximate surface area is 166 Å². The van der Waals surface area contributed by atoms with Gasteiger partial charge in [-0.15, -0.1) is 0 Å². The predicted molar refractivity (Wildman–Crippen MR) is 110 cm³/mol. The molecule has 3 rings (SSSR count). The van der Waals surface area contributed by atoms with Gasteiger partial charge in [-0.2, -0.15) is 0 Å². The topological polar surface area (TPSA) is 58.6 Å². The molecule has 0 saturated carbocycles. The summed E-state index contributed by atoms with van der Waals surface area (Å²) < 4.78 is 5.17. The smallest absolute Gasteiger partial charge is 0.253 e. The zero-order chi connectivity index (χ0) is 20.1. The maximum atomic E-state index is 13.0. The lowest BCUT2D eigenvalue weighted by molar-refractivity contribution is -0.124. The molecule has 0 aromatic heterocycles. The summed E-state index contributed by atoms with van der Waals surface area (Å²) in [7, 11) is 1.60. The molecule has 0 bridgehead atoms. The molecule has 0 aliphatic carbocycles. The van der Waals surface area contributed by atoms with E-state index in [0.717, 1.165) is 12.0 Å². The summed E-state index contributed by atoms with van der Waals surface area (Å²) >= 11 is 0. The maximum absolute atomic E-state index is 13.0. The van der Waals surface area contributed by atoms with Crippen LogP contribution in [0.4, 0.5) is 0 Å². The third-order valence-corrected chi connectivity index (χ3v) is 5.34. The number of aryl methyl sites for hydroxylation is 1. The van der Waals surface area contributed by atoms with Crippen molar-refractivity contribution in [3.8, 4) is 5.75 Å². The quantitative estimate of drug-likeness (QED) is 0.836. The summed E-state index contributed by atoms with van der Waals surface area (Å²) in [5.74, 6) is 0.450. The molecule has 1 aliphatic rings. The highest BCUT2D eigenvalue weighted by molar-refractivity contribution is 5.95. The second-order valence-corrected chi connectivity index (χ2v) is 7.35. The van der Waals surface area contributed by atoms with E-state index in [0.29, 0.717) is 30.9 Å². The zero-order valence-electron chi connectivity index (χ0n) is 16.8. The van der Waals surface area contributed by atoms with E-state index in [1.807, 2.05) is 13.8 Å². The van der Waals surface area contributed by atoms with Crippen LogP contribution in [0.25, 0.3) is 0 Å². The van der Waals surface area contributed by atoms with Gasteiger partial charge < -0.3 is 15.0 Å². The number of rotatable bonds is 6. The van der Waals surface area contributed by atoms with E-state index in [2.05, 4.69) is 29.6 Å². The highest BCUT2D eigenvalue weighted by Crippen LogP contribution is 2.34. The highest BCUT2D eigenvalue weighted by Gasteiger charge is 2.40. The van der Waals surface area contributed by atoms with E-state index >= 15 is 0 Å². The van der Waals surface area contributed by atoms with Crippen molar-refractivity contribution < 1.29 is 14.3 Å². The van der Waals surface area contributed by atoms with Gasteiger partial charge in [0.15, 0.2) is 0 Å². The third-order valence-electron chi connectivity index (χ3n) is 5.34. The second-order valence-electron chi connectivity index (χ2n) is 7.35. The van der Waals surface area contributed by atoms with Gasteiger partial charge in [-0.1, -0.05) is 36.8 Å². The van der Waals surface area contributed by atoms with Gasteiger partial charge in [0.2, 0.25) is 5.91 Å². The molecule has 0 spiro atoms. The van der Waals surface area contributed by atoms with E-state index < -0.39 is 0 Å². The average molecular weight is 380 g/mol. The summed E-state index contributed by atoms with van der Waals surface area (Å²) in [5.41, 5.74) is 2.89. The van der Waals surface area contributed by atoms with Crippen LogP contribution in [0.5, 0.6) is 5.75 Å². The minimum Gasteiger partial charge on any atom is -0.497 e. The number of nitrogens with zero attached hydrogens (tertiary/aromatic N) is 1. The van der Waals surface area contributed by atoms with Crippen LogP contribution in [0.3, 0.4) is 0 Å². The van der Waals surface area contributed by atoms with Crippen LogP contribution in [0.2, 0.25) is 0 Å². The monoisotopic (exact) mass is 380 g/mol. The average Bonchev–Trinajstić information content (AvgIpc) is 3.17. The summed E-state index contributed by atoms with van der Waals surface area (Å²) in [6.07, 6.45) is 0.891. The number of likely N-dealkylation sites (tertiary alicyclic amines) is 1. The molecule has 0 radical (unpaired) electrons. The van der Waals surface area contributed by atoms with Gasteiger partial charge in [-0.25, -0.2) is 0 Å². The highest BCUT2D eigenvalue weighted by atomic mass is 16.5. The molecule has 2 atom stereocenters. The fraction of sp³-hybridized carbons (Fsp3) is 0.391. The van der Waals surface area contributed by atoms with Crippen LogP contribution in [0, 0.1) is 12.8 Å². The number of nitrogens with one attached hydrogen (secondary N) is 1. The van der Waals surface area contributed by atoms with Gasteiger partial charge in [0.25, 0.3) is 5.91 Å². The van der Waals surface area contributed by atoms with Crippen molar-refractivity contribution in [1.29, 1.82) is 0 Å². The van der Waals surface area contributed by atoms with Crippen molar-refractivity contribution in [3.05, 3.63) is 65.2 Å². The lowest BCUT2D eigenvalue weighted by Crippen LogP contribution is -2.36. The van der Waals surface area contributed by atoms with Crippen molar-refractivity contribution in [2.75, 3.05) is 26.7 Å². The molecular formula is C23H28N2O3. The molecule has 2 aromatic rings. The first-order valence-electron chi connectivity index (χ1n) is 9.81. The molecule has 1 N–H and O–H groups in total. The molecule has 5 heteroatoms. The third kappa shape index (κ3) is 4.35. The van der Waals surface area contributed by atoms with Gasteiger partial charge in [0.05, 0.1) is 13.0 Å². The number of carbonyl (C=O) groups is 2. The molecule has 1 fully saturated rings. The number of amides is 2. The van der Waals surface area contributed by atoms with E-state index in [9.17, 15) is 9.59 Å². The Morgan fingerprint density at radius 1 is 1.07 bits per heavy atom. The normalized spacial score (nSPS) is 18.8. The van der Waals surface area contributed by atoms with Gasteiger partial charge in [0, 0.05) is 31.1 Å². The van der Waals surface area contributed by atoms with E-state index in [-0.39, 0.29) is 23.7 Å². The minimum atomic E-state index is -0.239. The fourth-order valence-electron chi connectivity index (χ4n) is 3.68. The number of benzene rings is 2. The molecule has 5 nitrogen and oxygen atoms in total. The summed E-state index contributed by atoms with van der Waals surface area (Å²) in [5, 5.41) is 3.01. The van der Waals surface area contributed by atoms with Crippen LogP contribution < -0.4 is 10.1 Å². The number of ether oxygens (including phenoxy) is 1. The van der Waals surface area contributed by atoms with Crippen molar-refractivity contribution >= 4 is 11.8 Å². The van der Waals surface area contributed by atoms with Gasteiger partial charge in [-0.3, -0.25) is 9.59 Å². The molecule has 1 saturated heterocycles. The first-order chi connectivity index (χ1) is 13.5. The molecule has 148 valence electrons. The fourth-order valence-corrected chi connectivity index (χ4v) is 3.68. The van der Waals surface area contributed by atoms with Gasteiger partial charge in [0.1, 0.15) is 5.75 Å². The Kier molecular flexibility index (Phi) is 6.34. The molecule has 1 aliphatic heterocycles. The summed E-state index contributed by atoms with van der Waals surface area (Å²) in [4.78, 5) is 27.6. The van der Waals surface area contributed by atoms with E-state index in [4.69, 9.17) is 4.74 Å². The number of carbonyl (C=O) groups excluding carboxylic acids is 2. The van der Waals surface area contributed by atoms with E-state index in [1.54, 1.807) is 36.3 Å². The van der Waals surface area contributed by atoms with Crippen molar-refractivity contribution in [2.24, 2.45) is 5.92 Å². The zero-order valence-corrected chi connectivity index (χ0v) is 16.8. The Morgan fingerprint density at radius 3 is 2.36 bits per heavy atom. The van der Waals surface area contributed by atoms with Crippen LogP contribution >= 0.6 is 0 Å².